The van der Waals surface area contributed by atoms with Crippen molar-refractivity contribution in [2.24, 2.45) is 5.73 Å². The summed E-state index contributed by atoms with van der Waals surface area (Å²) in [6, 6.07) is 2.52. The molecule has 2 rings (SSSR count). The number of rotatable bonds is 3. The quantitative estimate of drug-likeness (QED) is 0.693. The summed E-state index contributed by atoms with van der Waals surface area (Å²) < 4.78 is 5.11. The van der Waals surface area contributed by atoms with E-state index in [0.717, 1.165) is 4.90 Å². The Labute approximate surface area is 96.5 Å². The minimum absolute atomic E-state index is 0.308. The van der Waals surface area contributed by atoms with Crippen molar-refractivity contribution in [3.8, 4) is 0 Å². The number of carbonyl (C=O) groups excluding carboxylic acids is 3. The van der Waals surface area contributed by atoms with Crippen LogP contribution in [0.3, 0.4) is 0 Å². The largest absolute Gasteiger partial charge is 0.466 e. The van der Waals surface area contributed by atoms with Crippen molar-refractivity contribution in [1.29, 1.82) is 0 Å². The number of urea groups is 1. The minimum Gasteiger partial charge on any atom is -0.466 e. The molecule has 1 aliphatic heterocycles. The van der Waals surface area contributed by atoms with Gasteiger partial charge in [0, 0.05) is 0 Å². The van der Waals surface area contributed by atoms with E-state index in [2.05, 4.69) is 5.32 Å². The van der Waals surface area contributed by atoms with Crippen molar-refractivity contribution in [3.05, 3.63) is 24.2 Å². The van der Waals surface area contributed by atoms with E-state index in [1.165, 1.54) is 13.2 Å². The monoisotopic (exact) mass is 237 g/mol. The van der Waals surface area contributed by atoms with Gasteiger partial charge in [0.15, 0.2) is 5.54 Å². The molecule has 7 heteroatoms. The Morgan fingerprint density at radius 1 is 1.59 bits per heavy atom. The highest BCUT2D eigenvalue weighted by molar-refractivity contribution is 6.08. The van der Waals surface area contributed by atoms with Crippen LogP contribution in [0.25, 0.3) is 0 Å². The first-order chi connectivity index (χ1) is 7.95. The van der Waals surface area contributed by atoms with E-state index in [0.29, 0.717) is 5.76 Å². The van der Waals surface area contributed by atoms with Gasteiger partial charge in [0.05, 0.1) is 6.26 Å². The van der Waals surface area contributed by atoms with Crippen molar-refractivity contribution in [2.75, 3.05) is 6.54 Å². The normalized spacial score (nSPS) is 23.9. The third-order valence-electron chi connectivity index (χ3n) is 2.60. The van der Waals surface area contributed by atoms with Gasteiger partial charge in [0.25, 0.3) is 5.91 Å². The first-order valence-corrected chi connectivity index (χ1v) is 4.91. The number of nitrogens with two attached hydrogens (primary N) is 1. The maximum absolute atomic E-state index is 12.0. The van der Waals surface area contributed by atoms with E-state index in [4.69, 9.17) is 10.2 Å². The predicted molar refractivity (Wildman–Crippen MR) is 55.5 cm³/mol. The molecule has 7 nitrogen and oxygen atoms in total. The Balaban J connectivity index is 2.32. The lowest BCUT2D eigenvalue weighted by Crippen LogP contribution is -2.42. The highest BCUT2D eigenvalue weighted by Crippen LogP contribution is 2.28. The van der Waals surface area contributed by atoms with Gasteiger partial charge in [0.2, 0.25) is 5.91 Å². The molecule has 1 atom stereocenters. The van der Waals surface area contributed by atoms with Gasteiger partial charge in [-0.25, -0.2) is 4.79 Å². The second-order valence-electron chi connectivity index (χ2n) is 3.89. The second-order valence-corrected chi connectivity index (χ2v) is 3.89. The summed E-state index contributed by atoms with van der Waals surface area (Å²) in [4.78, 5) is 35.2. The van der Waals surface area contributed by atoms with E-state index in [9.17, 15) is 14.4 Å². The van der Waals surface area contributed by atoms with Crippen LogP contribution < -0.4 is 11.1 Å². The zero-order valence-corrected chi connectivity index (χ0v) is 9.10. The Morgan fingerprint density at radius 2 is 2.29 bits per heavy atom. The van der Waals surface area contributed by atoms with Crippen LogP contribution in [0.4, 0.5) is 4.79 Å². The van der Waals surface area contributed by atoms with Crippen molar-refractivity contribution in [1.82, 2.24) is 10.2 Å². The molecule has 0 aliphatic carbocycles. The molecule has 3 N–H and O–H groups in total. The number of imide groups is 1. The molecule has 1 fully saturated rings. The molecule has 1 aliphatic rings. The van der Waals surface area contributed by atoms with Crippen LogP contribution in [0.5, 0.6) is 0 Å². The van der Waals surface area contributed by atoms with Crippen LogP contribution in [-0.2, 0) is 15.1 Å². The Bertz CT molecular complexity index is 482. The molecule has 1 saturated heterocycles. The Kier molecular flexibility index (Phi) is 2.38. The molecule has 0 saturated carbocycles. The predicted octanol–water partition coefficient (Wildman–Crippen LogP) is -0.468. The molecule has 2 heterocycles. The second kappa shape index (κ2) is 3.62. The topological polar surface area (TPSA) is 106 Å². The van der Waals surface area contributed by atoms with Gasteiger partial charge in [-0.3, -0.25) is 14.5 Å². The fourth-order valence-corrected chi connectivity index (χ4v) is 1.73. The van der Waals surface area contributed by atoms with Crippen molar-refractivity contribution in [2.45, 2.75) is 12.5 Å². The molecule has 0 spiro atoms. The number of amides is 4. The Hall–Kier alpha value is -2.31. The summed E-state index contributed by atoms with van der Waals surface area (Å²) in [5, 5.41) is 2.47. The van der Waals surface area contributed by atoms with Crippen LogP contribution in [-0.4, -0.2) is 29.3 Å². The molecule has 4 amide bonds. The maximum Gasteiger partial charge on any atom is 0.325 e. The molecule has 0 aromatic carbocycles. The van der Waals surface area contributed by atoms with E-state index in [1.54, 1.807) is 12.1 Å². The zero-order valence-electron chi connectivity index (χ0n) is 9.10. The lowest BCUT2D eigenvalue weighted by atomic mass is 9.99. The molecule has 17 heavy (non-hydrogen) atoms. The third-order valence-corrected chi connectivity index (χ3v) is 2.60. The standard InChI is InChI=1S/C10H11N3O4/c1-10(6-3-2-4-17-6)8(15)13(5-7(11)14)9(16)12-10/h2-4H,5H2,1H3,(H2,11,14)(H,12,16)/t10-/m1/s1. The number of nitrogens with one attached hydrogen (secondary N) is 1. The van der Waals surface area contributed by atoms with E-state index in [1.807, 2.05) is 0 Å². The van der Waals surface area contributed by atoms with Gasteiger partial charge < -0.3 is 15.5 Å². The van der Waals surface area contributed by atoms with Gasteiger partial charge in [-0.2, -0.15) is 0 Å². The summed E-state index contributed by atoms with van der Waals surface area (Å²) in [5.41, 5.74) is 3.69. The summed E-state index contributed by atoms with van der Waals surface area (Å²) in [7, 11) is 0. The molecular formula is C10H11N3O4. The smallest absolute Gasteiger partial charge is 0.325 e. The maximum atomic E-state index is 12.0. The average Bonchev–Trinajstić information content (AvgIpc) is 2.83. The highest BCUT2D eigenvalue weighted by Gasteiger charge is 2.51. The van der Waals surface area contributed by atoms with E-state index < -0.39 is 29.9 Å². The molecule has 0 unspecified atom stereocenters. The fourth-order valence-electron chi connectivity index (χ4n) is 1.73. The summed E-state index contributed by atoms with van der Waals surface area (Å²) >= 11 is 0. The number of hydrogen-bond acceptors (Lipinski definition) is 4. The van der Waals surface area contributed by atoms with Crippen LogP contribution in [0.1, 0.15) is 12.7 Å². The van der Waals surface area contributed by atoms with E-state index in [-0.39, 0.29) is 0 Å². The van der Waals surface area contributed by atoms with Crippen LogP contribution in [0.15, 0.2) is 22.8 Å². The van der Waals surface area contributed by atoms with Gasteiger partial charge in [-0.05, 0) is 19.1 Å². The van der Waals surface area contributed by atoms with Crippen LogP contribution in [0, 0.1) is 0 Å². The van der Waals surface area contributed by atoms with Gasteiger partial charge in [0.1, 0.15) is 12.3 Å². The summed E-state index contributed by atoms with van der Waals surface area (Å²) in [5.74, 6) is -1.00. The van der Waals surface area contributed by atoms with Gasteiger partial charge >= 0.3 is 6.03 Å². The van der Waals surface area contributed by atoms with Gasteiger partial charge in [-0.1, -0.05) is 0 Å². The molecular weight excluding hydrogens is 226 g/mol. The molecule has 0 bridgehead atoms. The molecule has 1 aromatic rings. The van der Waals surface area contributed by atoms with Crippen molar-refractivity contribution >= 4 is 17.8 Å². The van der Waals surface area contributed by atoms with E-state index >= 15 is 0 Å². The fraction of sp³-hybridized carbons (Fsp3) is 0.300. The van der Waals surface area contributed by atoms with Crippen molar-refractivity contribution in [3.63, 3.8) is 0 Å². The number of carbonyl (C=O) groups is 3. The third kappa shape index (κ3) is 1.65. The lowest BCUT2D eigenvalue weighted by molar-refractivity contribution is -0.134. The number of nitrogens with zero attached hydrogens (tertiary/aromatic N) is 1. The van der Waals surface area contributed by atoms with Crippen LogP contribution in [0.2, 0.25) is 0 Å². The summed E-state index contributed by atoms with van der Waals surface area (Å²) in [6.45, 7) is 1.06. The van der Waals surface area contributed by atoms with Gasteiger partial charge in [-0.15, -0.1) is 0 Å². The SMILES string of the molecule is C[C@]1(c2ccco2)NC(=O)N(CC(N)=O)C1=O. The van der Waals surface area contributed by atoms with Crippen LogP contribution >= 0.6 is 0 Å². The number of hydrogen-bond donors (Lipinski definition) is 2. The lowest BCUT2D eigenvalue weighted by Gasteiger charge is -2.18. The minimum atomic E-state index is -1.28. The summed E-state index contributed by atoms with van der Waals surface area (Å²) in [6.07, 6.45) is 1.40. The first kappa shape index (κ1) is 11.2. The Morgan fingerprint density at radius 3 is 2.82 bits per heavy atom. The van der Waals surface area contributed by atoms with Crippen molar-refractivity contribution < 1.29 is 18.8 Å². The highest BCUT2D eigenvalue weighted by atomic mass is 16.3. The molecule has 1 aromatic heterocycles. The molecule has 90 valence electrons. The zero-order chi connectivity index (χ0) is 12.6. The molecule has 0 radical (unpaired) electrons. The number of furan rings is 1. The first-order valence-electron chi connectivity index (χ1n) is 4.91. The number of primary amides is 1. The average molecular weight is 237 g/mol.